The van der Waals surface area contributed by atoms with E-state index in [1.807, 2.05) is 35.4 Å². The Morgan fingerprint density at radius 3 is 2.88 bits per heavy atom. The molecule has 3 heterocycles. The van der Waals surface area contributed by atoms with Gasteiger partial charge in [-0.1, -0.05) is 36.0 Å². The molecule has 1 saturated carbocycles. The molecule has 34 heavy (non-hydrogen) atoms. The van der Waals surface area contributed by atoms with Crippen LogP contribution in [0.15, 0.2) is 70.2 Å². The summed E-state index contributed by atoms with van der Waals surface area (Å²) >= 11 is 1.48. The first-order valence-corrected chi connectivity index (χ1v) is 12.9. The van der Waals surface area contributed by atoms with Crippen LogP contribution in [0.1, 0.15) is 50.3 Å². The fourth-order valence-electron chi connectivity index (χ4n) is 4.66. The lowest BCUT2D eigenvalue weighted by molar-refractivity contribution is -0.127. The number of carbonyl (C=O) groups is 1. The largest absolute Gasteiger partial charge is 0.467 e. The van der Waals surface area contributed by atoms with Crippen molar-refractivity contribution in [2.24, 2.45) is 0 Å². The molecule has 1 N–H and O–H groups in total. The third-order valence-corrected chi connectivity index (χ3v) is 7.47. The van der Waals surface area contributed by atoms with Crippen molar-refractivity contribution in [3.63, 3.8) is 0 Å². The average molecular weight is 474 g/mol. The Morgan fingerprint density at radius 1 is 1.18 bits per heavy atom. The van der Waals surface area contributed by atoms with Crippen LogP contribution in [0.25, 0.3) is 22.3 Å². The predicted octanol–water partition coefficient (Wildman–Crippen LogP) is 5.93. The Balaban J connectivity index is 1.24. The fraction of sp³-hybridized carbons (Fsp3) is 0.346. The summed E-state index contributed by atoms with van der Waals surface area (Å²) in [5.41, 5.74) is 3.25. The van der Waals surface area contributed by atoms with Gasteiger partial charge in [0.2, 0.25) is 5.91 Å². The highest BCUT2D eigenvalue weighted by Crippen LogP contribution is 2.42. The normalized spacial score (nSPS) is 16.1. The lowest BCUT2D eigenvalue weighted by Gasteiger charge is -2.27. The number of H-pyrrole nitrogens is 1. The molecule has 7 nitrogen and oxygen atoms in total. The number of nitrogens with one attached hydrogen (secondary N) is 1. The number of allylic oxidation sites excluding steroid dienone is 2. The van der Waals surface area contributed by atoms with Gasteiger partial charge in [-0.2, -0.15) is 0 Å². The second kappa shape index (κ2) is 9.18. The van der Waals surface area contributed by atoms with Gasteiger partial charge in [-0.25, -0.2) is 0 Å². The zero-order valence-corrected chi connectivity index (χ0v) is 19.8. The fourth-order valence-corrected chi connectivity index (χ4v) is 5.54. The zero-order valence-electron chi connectivity index (χ0n) is 18.9. The van der Waals surface area contributed by atoms with Crippen LogP contribution in [-0.4, -0.2) is 36.3 Å². The number of nitrogens with zero attached hydrogens (tertiary/aromatic N) is 4. The molecule has 2 aliphatic rings. The number of furan rings is 1. The van der Waals surface area contributed by atoms with E-state index in [9.17, 15) is 4.79 Å². The maximum Gasteiger partial charge on any atom is 0.237 e. The number of benzene rings is 1. The van der Waals surface area contributed by atoms with E-state index in [0.29, 0.717) is 18.3 Å². The van der Waals surface area contributed by atoms with Gasteiger partial charge >= 0.3 is 0 Å². The summed E-state index contributed by atoms with van der Waals surface area (Å²) in [6.07, 6.45) is 12.4. The lowest BCUT2D eigenvalue weighted by Crippen LogP contribution is -2.32. The molecule has 0 unspecified atom stereocenters. The molecule has 2 aliphatic carbocycles. The summed E-state index contributed by atoms with van der Waals surface area (Å²) in [6.45, 7) is 0.466. The number of carbonyl (C=O) groups excluding carboxylic acids is 1. The highest BCUT2D eigenvalue weighted by atomic mass is 32.2. The van der Waals surface area contributed by atoms with Gasteiger partial charge in [0.1, 0.15) is 5.76 Å². The maximum absolute atomic E-state index is 13.4. The number of aromatic nitrogens is 4. The molecule has 1 aromatic carbocycles. The van der Waals surface area contributed by atoms with E-state index < -0.39 is 0 Å². The van der Waals surface area contributed by atoms with Crippen LogP contribution in [0, 0.1) is 0 Å². The highest BCUT2D eigenvalue weighted by molar-refractivity contribution is 7.99. The molecular weight excluding hydrogens is 446 g/mol. The number of aromatic amines is 1. The monoisotopic (exact) mass is 473 g/mol. The van der Waals surface area contributed by atoms with Crippen molar-refractivity contribution in [1.29, 1.82) is 0 Å². The smallest absolute Gasteiger partial charge is 0.237 e. The van der Waals surface area contributed by atoms with Gasteiger partial charge < -0.3 is 14.3 Å². The molecule has 0 aliphatic heterocycles. The first-order chi connectivity index (χ1) is 16.8. The topological polar surface area (TPSA) is 80.0 Å². The van der Waals surface area contributed by atoms with E-state index in [-0.39, 0.29) is 5.91 Å². The number of hydrogen-bond donors (Lipinski definition) is 1. The van der Waals surface area contributed by atoms with Crippen LogP contribution in [0.3, 0.4) is 0 Å². The van der Waals surface area contributed by atoms with Crippen LogP contribution in [-0.2, 0) is 11.3 Å². The summed E-state index contributed by atoms with van der Waals surface area (Å²) in [5.74, 6) is 2.06. The standard InChI is InChI=1S/C26H27N5O2S/c32-24(30(16-20-9-6-14-33-20)18-7-2-1-3-8-18)17-34-26-29-28-25(31(26)19-12-13-19)22-15-27-23-11-5-4-10-21(22)23/h4-7,9-11,14-15,19,27H,1-3,8,12-13,16-17H2. The second-order valence-corrected chi connectivity index (χ2v) is 9.89. The van der Waals surface area contributed by atoms with Gasteiger partial charge in [0.25, 0.3) is 0 Å². The quantitative estimate of drug-likeness (QED) is 0.321. The van der Waals surface area contributed by atoms with Crippen molar-refractivity contribution in [3.8, 4) is 11.4 Å². The maximum atomic E-state index is 13.4. The SMILES string of the molecule is O=C(CSc1nnc(-c2c[nH]c3ccccc23)n1C1CC1)N(Cc1ccco1)C1=CCCCC1. The Kier molecular flexibility index (Phi) is 5.74. The van der Waals surface area contributed by atoms with Gasteiger partial charge in [0.15, 0.2) is 11.0 Å². The molecule has 0 bridgehead atoms. The first-order valence-electron chi connectivity index (χ1n) is 11.9. The molecule has 1 fully saturated rings. The van der Waals surface area contributed by atoms with Crippen LogP contribution in [0.2, 0.25) is 0 Å². The predicted molar refractivity (Wildman–Crippen MR) is 132 cm³/mol. The molecule has 1 amide bonds. The van der Waals surface area contributed by atoms with Gasteiger partial charge in [0, 0.05) is 34.4 Å². The summed E-state index contributed by atoms with van der Waals surface area (Å²) in [6, 6.07) is 12.4. The number of fused-ring (bicyclic) bond motifs is 1. The minimum Gasteiger partial charge on any atom is -0.467 e. The molecule has 174 valence electrons. The molecule has 8 heteroatoms. The van der Waals surface area contributed by atoms with Crippen molar-refractivity contribution in [3.05, 3.63) is 66.4 Å². The van der Waals surface area contributed by atoms with Gasteiger partial charge in [0.05, 0.1) is 18.6 Å². The Labute approximate surface area is 202 Å². The van der Waals surface area contributed by atoms with E-state index in [0.717, 1.165) is 71.0 Å². The molecular formula is C26H27N5O2S. The van der Waals surface area contributed by atoms with Gasteiger partial charge in [-0.05, 0) is 56.7 Å². The Morgan fingerprint density at radius 2 is 2.09 bits per heavy atom. The number of thioether (sulfide) groups is 1. The minimum absolute atomic E-state index is 0.0774. The average Bonchev–Trinajstić information content (AvgIpc) is 3.25. The van der Waals surface area contributed by atoms with Crippen molar-refractivity contribution >= 4 is 28.6 Å². The zero-order chi connectivity index (χ0) is 22.9. The van der Waals surface area contributed by atoms with Crippen LogP contribution >= 0.6 is 11.8 Å². The Hall–Kier alpha value is -3.26. The molecule has 3 aromatic heterocycles. The van der Waals surface area contributed by atoms with Gasteiger partial charge in [-0.15, -0.1) is 10.2 Å². The summed E-state index contributed by atoms with van der Waals surface area (Å²) in [7, 11) is 0. The summed E-state index contributed by atoms with van der Waals surface area (Å²) in [4.78, 5) is 18.6. The molecule has 6 rings (SSSR count). The van der Waals surface area contributed by atoms with E-state index >= 15 is 0 Å². The third-order valence-electron chi connectivity index (χ3n) is 6.54. The number of rotatable bonds is 8. The minimum atomic E-state index is 0.0774. The van der Waals surface area contributed by atoms with Crippen LogP contribution < -0.4 is 0 Å². The van der Waals surface area contributed by atoms with Crippen molar-refractivity contribution in [1.82, 2.24) is 24.6 Å². The van der Waals surface area contributed by atoms with Crippen molar-refractivity contribution < 1.29 is 9.21 Å². The number of para-hydroxylation sites is 1. The number of hydrogen-bond acceptors (Lipinski definition) is 5. The van der Waals surface area contributed by atoms with E-state index in [2.05, 4.69) is 38.0 Å². The van der Waals surface area contributed by atoms with Crippen molar-refractivity contribution in [2.75, 3.05) is 5.75 Å². The summed E-state index contributed by atoms with van der Waals surface area (Å²) < 4.78 is 7.78. The summed E-state index contributed by atoms with van der Waals surface area (Å²) in [5, 5.41) is 11.0. The first kappa shape index (κ1) is 21.3. The van der Waals surface area contributed by atoms with E-state index in [1.54, 1.807) is 6.26 Å². The highest BCUT2D eigenvalue weighted by Gasteiger charge is 2.31. The third kappa shape index (κ3) is 4.18. The van der Waals surface area contributed by atoms with E-state index in [4.69, 9.17) is 4.42 Å². The molecule has 0 radical (unpaired) electrons. The van der Waals surface area contributed by atoms with E-state index in [1.165, 1.54) is 18.2 Å². The molecule has 0 atom stereocenters. The molecule has 4 aromatic rings. The Bertz CT molecular complexity index is 1330. The van der Waals surface area contributed by atoms with Crippen LogP contribution in [0.5, 0.6) is 0 Å². The lowest BCUT2D eigenvalue weighted by atomic mass is 10.0. The molecule has 0 saturated heterocycles. The number of amides is 1. The molecule has 0 spiro atoms. The second-order valence-electron chi connectivity index (χ2n) is 8.94. The van der Waals surface area contributed by atoms with Crippen LogP contribution in [0.4, 0.5) is 0 Å². The van der Waals surface area contributed by atoms with Crippen molar-refractivity contribution in [2.45, 2.75) is 56.3 Å². The van der Waals surface area contributed by atoms with Gasteiger partial charge in [-0.3, -0.25) is 9.36 Å².